The Morgan fingerprint density at radius 3 is 2.31 bits per heavy atom. The van der Waals surface area contributed by atoms with Gasteiger partial charge >= 0.3 is 12.1 Å². The fourth-order valence-corrected chi connectivity index (χ4v) is 4.11. The minimum Gasteiger partial charge on any atom is -0.481 e. The van der Waals surface area contributed by atoms with Gasteiger partial charge in [0.15, 0.2) is 5.76 Å². The van der Waals surface area contributed by atoms with Crippen LogP contribution < -0.4 is 5.32 Å². The van der Waals surface area contributed by atoms with Crippen molar-refractivity contribution in [2.45, 2.75) is 31.6 Å². The molecule has 0 radical (unpaired) electrons. The number of hydrogen-bond acceptors (Lipinski definition) is 7. The molecular weight excluding hydrogens is 460 g/mol. The molecule has 2 heterocycles. The predicted molar refractivity (Wildman–Crippen MR) is 131 cm³/mol. The number of aryl methyl sites for hydroxylation is 1. The minimum absolute atomic E-state index is 0.158. The molecule has 9 nitrogen and oxygen atoms in total. The van der Waals surface area contributed by atoms with Crippen LogP contribution in [0, 0.1) is 6.92 Å². The molecule has 0 spiro atoms. The zero-order valence-corrected chi connectivity index (χ0v) is 19.6. The number of carboxylic acids is 1. The van der Waals surface area contributed by atoms with Crippen molar-refractivity contribution in [1.82, 2.24) is 15.1 Å². The van der Waals surface area contributed by atoms with E-state index in [2.05, 4.69) is 20.4 Å². The van der Waals surface area contributed by atoms with Crippen molar-refractivity contribution in [2.75, 3.05) is 11.9 Å². The Balaban J connectivity index is 1.25. The average Bonchev–Trinajstić information content (AvgIpc) is 3.64. The Bertz CT molecular complexity index is 1380. The molecule has 182 valence electrons. The van der Waals surface area contributed by atoms with Crippen molar-refractivity contribution in [3.05, 3.63) is 84.1 Å². The van der Waals surface area contributed by atoms with E-state index in [1.807, 2.05) is 48.5 Å². The maximum absolute atomic E-state index is 12.3. The first-order chi connectivity index (χ1) is 17.5. The van der Waals surface area contributed by atoms with E-state index in [1.165, 1.54) is 0 Å². The fourth-order valence-electron chi connectivity index (χ4n) is 4.11. The number of hydrogen-bond donors (Lipinski definition) is 2. The van der Waals surface area contributed by atoms with Crippen molar-refractivity contribution >= 4 is 17.7 Å². The molecule has 2 aromatic heterocycles. The third-order valence-electron chi connectivity index (χ3n) is 6.38. The van der Waals surface area contributed by atoms with Crippen LogP contribution in [0.25, 0.3) is 22.5 Å². The quantitative estimate of drug-likeness (QED) is 0.357. The van der Waals surface area contributed by atoms with E-state index in [-0.39, 0.29) is 6.61 Å². The number of amides is 1. The molecule has 1 amide bonds. The van der Waals surface area contributed by atoms with E-state index in [0.717, 1.165) is 27.9 Å². The molecule has 1 saturated carbocycles. The van der Waals surface area contributed by atoms with Crippen LogP contribution >= 0.6 is 0 Å². The smallest absolute Gasteiger partial charge is 0.411 e. The average molecular weight is 485 g/mol. The first kappa shape index (κ1) is 23.2. The van der Waals surface area contributed by atoms with E-state index in [0.29, 0.717) is 36.4 Å². The fraction of sp³-hybridized carbons (Fsp3) is 0.222. The van der Waals surface area contributed by atoms with Crippen molar-refractivity contribution in [3.63, 3.8) is 0 Å². The molecule has 1 aliphatic carbocycles. The topological polar surface area (TPSA) is 127 Å². The highest BCUT2D eigenvalue weighted by atomic mass is 16.5. The summed E-state index contributed by atoms with van der Waals surface area (Å²) in [6.07, 6.45) is 6.00. The lowest BCUT2D eigenvalue weighted by molar-refractivity contribution is -0.140. The Hall–Kier alpha value is -4.53. The Labute approximate surface area is 207 Å². The van der Waals surface area contributed by atoms with Gasteiger partial charge in [-0.3, -0.25) is 20.1 Å². The summed E-state index contributed by atoms with van der Waals surface area (Å²) in [4.78, 5) is 32.0. The molecule has 0 saturated heterocycles. The van der Waals surface area contributed by atoms with Crippen LogP contribution in [-0.2, 0) is 21.4 Å². The second kappa shape index (κ2) is 9.61. The predicted octanol–water partition coefficient (Wildman–Crippen LogP) is 5.01. The molecule has 5 rings (SSSR count). The van der Waals surface area contributed by atoms with Gasteiger partial charge in [-0.15, -0.1) is 0 Å². The van der Waals surface area contributed by atoms with Gasteiger partial charge in [-0.2, -0.15) is 0 Å². The first-order valence-corrected chi connectivity index (χ1v) is 11.6. The maximum atomic E-state index is 12.3. The summed E-state index contributed by atoms with van der Waals surface area (Å²) < 4.78 is 10.8. The van der Waals surface area contributed by atoms with Crippen LogP contribution in [0.5, 0.6) is 0 Å². The summed E-state index contributed by atoms with van der Waals surface area (Å²) in [6.45, 7) is 1.90. The summed E-state index contributed by atoms with van der Waals surface area (Å²) in [5.74, 6) is -0.335. The number of carbonyl (C=O) groups is 2. The Kier molecular flexibility index (Phi) is 6.20. The van der Waals surface area contributed by atoms with E-state index in [4.69, 9.17) is 9.26 Å². The number of carboxylic acid groups (broad SMARTS) is 1. The molecule has 2 aromatic carbocycles. The molecule has 0 aliphatic heterocycles. The van der Waals surface area contributed by atoms with Gasteiger partial charge in [0, 0.05) is 30.6 Å². The summed E-state index contributed by atoms with van der Waals surface area (Å²) in [7, 11) is 0. The highest BCUT2D eigenvalue weighted by Gasteiger charge is 2.51. The number of nitrogens with zero attached hydrogens (tertiary/aromatic N) is 3. The SMILES string of the molecule is Cc1noc(-c2ccc(-c3ccc(C4(C(=O)O)CC4)cc3)cc2)c1NC(=O)OCCc1cnccn1. The third kappa shape index (κ3) is 4.68. The molecule has 1 fully saturated rings. The van der Waals surface area contributed by atoms with Crippen molar-refractivity contribution < 1.29 is 24.0 Å². The molecular formula is C27H24N4O5. The zero-order chi connectivity index (χ0) is 25.1. The van der Waals surface area contributed by atoms with Gasteiger partial charge in [-0.25, -0.2) is 4.79 Å². The number of aliphatic carboxylic acids is 1. The molecule has 1 aliphatic rings. The van der Waals surface area contributed by atoms with Crippen LogP contribution in [0.2, 0.25) is 0 Å². The highest BCUT2D eigenvalue weighted by Crippen LogP contribution is 2.48. The van der Waals surface area contributed by atoms with Crippen molar-refractivity contribution in [3.8, 4) is 22.5 Å². The van der Waals surface area contributed by atoms with Gasteiger partial charge < -0.3 is 14.4 Å². The number of benzene rings is 2. The monoisotopic (exact) mass is 484 g/mol. The highest BCUT2D eigenvalue weighted by molar-refractivity contribution is 5.91. The van der Waals surface area contributed by atoms with Crippen LogP contribution in [0.4, 0.5) is 10.5 Å². The molecule has 0 bridgehead atoms. The van der Waals surface area contributed by atoms with Gasteiger partial charge in [0.05, 0.1) is 17.7 Å². The number of carbonyl (C=O) groups excluding carboxylic acids is 1. The largest absolute Gasteiger partial charge is 0.481 e. The molecule has 36 heavy (non-hydrogen) atoms. The van der Waals surface area contributed by atoms with Gasteiger partial charge in [-0.1, -0.05) is 53.7 Å². The lowest BCUT2D eigenvalue weighted by atomic mass is 9.93. The number of anilines is 1. The number of ether oxygens (including phenoxy) is 1. The van der Waals surface area contributed by atoms with Crippen LogP contribution in [0.1, 0.15) is 29.8 Å². The summed E-state index contributed by atoms with van der Waals surface area (Å²) in [6, 6.07) is 15.3. The van der Waals surface area contributed by atoms with E-state index in [9.17, 15) is 14.7 Å². The number of nitrogens with one attached hydrogen (secondary N) is 1. The summed E-state index contributed by atoms with van der Waals surface area (Å²) in [5, 5.41) is 16.2. The summed E-state index contributed by atoms with van der Waals surface area (Å²) in [5.41, 5.74) is 4.52. The van der Waals surface area contributed by atoms with E-state index in [1.54, 1.807) is 25.5 Å². The second-order valence-corrected chi connectivity index (χ2v) is 8.72. The van der Waals surface area contributed by atoms with Gasteiger partial charge in [-0.05, 0) is 36.5 Å². The van der Waals surface area contributed by atoms with Gasteiger partial charge in [0.2, 0.25) is 0 Å². The van der Waals surface area contributed by atoms with Crippen LogP contribution in [-0.4, -0.2) is 38.9 Å². The number of aromatic nitrogens is 3. The molecule has 2 N–H and O–H groups in total. The minimum atomic E-state index is -0.763. The molecule has 0 unspecified atom stereocenters. The van der Waals surface area contributed by atoms with Gasteiger partial charge in [0.1, 0.15) is 11.4 Å². The molecule has 0 atom stereocenters. The third-order valence-corrected chi connectivity index (χ3v) is 6.38. The van der Waals surface area contributed by atoms with E-state index >= 15 is 0 Å². The van der Waals surface area contributed by atoms with Crippen molar-refractivity contribution in [1.29, 1.82) is 0 Å². The molecule has 9 heteroatoms. The molecule has 4 aromatic rings. The maximum Gasteiger partial charge on any atom is 0.411 e. The van der Waals surface area contributed by atoms with Gasteiger partial charge in [0.25, 0.3) is 0 Å². The standard InChI is InChI=1S/C27H24N4O5/c1-17-23(30-26(34)35-15-10-22-16-28-13-14-29-22)24(36-31-17)20-4-2-18(3-5-20)19-6-8-21(9-7-19)27(11-12-27)25(32)33/h2-9,13-14,16H,10-12,15H2,1H3,(H,30,34)(H,32,33). The number of rotatable bonds is 8. The first-order valence-electron chi connectivity index (χ1n) is 11.6. The zero-order valence-electron chi connectivity index (χ0n) is 19.6. The second-order valence-electron chi connectivity index (χ2n) is 8.72. The van der Waals surface area contributed by atoms with Crippen molar-refractivity contribution in [2.24, 2.45) is 0 Å². The lowest BCUT2D eigenvalue weighted by Gasteiger charge is -2.11. The van der Waals surface area contributed by atoms with E-state index < -0.39 is 17.5 Å². The normalized spacial score (nSPS) is 13.7. The Morgan fingerprint density at radius 2 is 1.69 bits per heavy atom. The van der Waals surface area contributed by atoms with Crippen LogP contribution in [0.15, 0.2) is 71.6 Å². The lowest BCUT2D eigenvalue weighted by Crippen LogP contribution is -2.19. The van der Waals surface area contributed by atoms with Crippen LogP contribution in [0.3, 0.4) is 0 Å². The summed E-state index contributed by atoms with van der Waals surface area (Å²) >= 11 is 0. The Morgan fingerprint density at radius 1 is 1.03 bits per heavy atom.